The first kappa shape index (κ1) is 21.3. The molecule has 1 aromatic rings. The van der Waals surface area contributed by atoms with Crippen LogP contribution < -0.4 is 0 Å². The molecule has 0 spiro atoms. The van der Waals surface area contributed by atoms with Gasteiger partial charge in [-0.05, 0) is 77.1 Å². The van der Waals surface area contributed by atoms with E-state index in [9.17, 15) is 10.2 Å². The molecule has 5 atom stereocenters. The summed E-state index contributed by atoms with van der Waals surface area (Å²) in [5.74, 6) is 1.20. The zero-order chi connectivity index (χ0) is 20.1. The fraction of sp³-hybridized carbons (Fsp3) is 0.600. The molecule has 2 N–H and O–H groups in total. The maximum absolute atomic E-state index is 10.5. The molecule has 1 aromatic carbocycles. The van der Waals surface area contributed by atoms with E-state index < -0.39 is 6.10 Å². The van der Waals surface area contributed by atoms with Crippen molar-refractivity contribution >= 4 is 0 Å². The van der Waals surface area contributed by atoms with Crippen molar-refractivity contribution in [2.75, 3.05) is 20.6 Å². The molecule has 2 aliphatic rings. The predicted octanol–water partition coefficient (Wildman–Crippen LogP) is 4.13. The van der Waals surface area contributed by atoms with Crippen molar-refractivity contribution in [3.63, 3.8) is 0 Å². The van der Waals surface area contributed by atoms with Crippen molar-refractivity contribution in [3.8, 4) is 0 Å². The van der Waals surface area contributed by atoms with Crippen LogP contribution in [0.25, 0.3) is 0 Å². The number of aliphatic hydroxyl groups excluding tert-OH is 2. The molecule has 0 aliphatic heterocycles. The molecule has 1 saturated carbocycles. The molecule has 2 aliphatic carbocycles. The number of fused-ring (bicyclic) bond motifs is 1. The van der Waals surface area contributed by atoms with Crippen LogP contribution in [0.5, 0.6) is 0 Å². The topological polar surface area (TPSA) is 43.7 Å². The number of aryl methyl sites for hydroxylation is 1. The fourth-order valence-electron chi connectivity index (χ4n) is 4.98. The van der Waals surface area contributed by atoms with Crippen molar-refractivity contribution in [3.05, 3.63) is 59.2 Å². The van der Waals surface area contributed by atoms with Crippen molar-refractivity contribution in [1.82, 2.24) is 4.90 Å². The third-order valence-electron chi connectivity index (χ3n) is 6.39. The molecule has 0 aromatic heterocycles. The van der Waals surface area contributed by atoms with Gasteiger partial charge in [0.25, 0.3) is 0 Å². The van der Waals surface area contributed by atoms with Crippen LogP contribution >= 0.6 is 0 Å². The van der Waals surface area contributed by atoms with Gasteiger partial charge in [0.2, 0.25) is 0 Å². The predicted molar refractivity (Wildman–Crippen MR) is 116 cm³/mol. The minimum atomic E-state index is -0.493. The van der Waals surface area contributed by atoms with Crippen molar-refractivity contribution in [2.24, 2.45) is 17.8 Å². The van der Waals surface area contributed by atoms with Crippen LogP contribution in [0.3, 0.4) is 0 Å². The fourth-order valence-corrected chi connectivity index (χ4v) is 4.98. The third kappa shape index (κ3) is 5.79. The largest absolute Gasteiger partial charge is 0.392 e. The normalized spacial score (nSPS) is 28.1. The summed E-state index contributed by atoms with van der Waals surface area (Å²) in [5, 5.41) is 21.0. The van der Waals surface area contributed by atoms with E-state index in [-0.39, 0.29) is 12.0 Å². The monoisotopic (exact) mass is 383 g/mol. The van der Waals surface area contributed by atoms with Gasteiger partial charge in [0, 0.05) is 12.3 Å². The van der Waals surface area contributed by atoms with Crippen LogP contribution in [0.1, 0.15) is 43.2 Å². The van der Waals surface area contributed by atoms with Gasteiger partial charge in [0.05, 0.1) is 12.2 Å². The Labute approximate surface area is 170 Å². The maximum atomic E-state index is 10.5. The van der Waals surface area contributed by atoms with Crippen LogP contribution in [-0.2, 0) is 6.42 Å². The second kappa shape index (κ2) is 9.87. The molecule has 3 heteroatoms. The maximum Gasteiger partial charge on any atom is 0.0761 e. The molecule has 0 saturated heterocycles. The van der Waals surface area contributed by atoms with Gasteiger partial charge in [-0.15, -0.1) is 0 Å². The lowest BCUT2D eigenvalue weighted by molar-refractivity contribution is 0.140. The molecule has 154 valence electrons. The second-order valence-corrected chi connectivity index (χ2v) is 9.14. The van der Waals surface area contributed by atoms with Crippen molar-refractivity contribution in [1.29, 1.82) is 0 Å². The number of hydrogen-bond acceptors (Lipinski definition) is 3. The molecule has 3 rings (SSSR count). The summed E-state index contributed by atoms with van der Waals surface area (Å²) >= 11 is 0. The summed E-state index contributed by atoms with van der Waals surface area (Å²) in [7, 11) is 4.26. The van der Waals surface area contributed by atoms with Gasteiger partial charge < -0.3 is 15.1 Å². The van der Waals surface area contributed by atoms with Crippen LogP contribution in [0.2, 0.25) is 0 Å². The Balaban J connectivity index is 1.50. The molecular weight excluding hydrogens is 346 g/mol. The Hall–Kier alpha value is -1.42. The van der Waals surface area contributed by atoms with Crippen LogP contribution in [0, 0.1) is 24.7 Å². The van der Waals surface area contributed by atoms with E-state index in [0.717, 1.165) is 24.9 Å². The van der Waals surface area contributed by atoms with Crippen LogP contribution in [0.15, 0.2) is 48.1 Å². The average molecular weight is 384 g/mol. The van der Waals surface area contributed by atoms with E-state index in [0.29, 0.717) is 18.3 Å². The minimum absolute atomic E-state index is 0.174. The Morgan fingerprint density at radius 1 is 1.25 bits per heavy atom. The Morgan fingerprint density at radius 3 is 2.82 bits per heavy atom. The smallest absolute Gasteiger partial charge is 0.0761 e. The number of aliphatic hydroxyl groups is 2. The average Bonchev–Trinajstić information content (AvgIpc) is 3.13. The number of allylic oxidation sites excluding steroid dienone is 2. The first-order valence-electron chi connectivity index (χ1n) is 10.9. The number of benzene rings is 1. The lowest BCUT2D eigenvalue weighted by Crippen LogP contribution is -2.18. The number of rotatable bonds is 9. The van der Waals surface area contributed by atoms with Gasteiger partial charge in [0.15, 0.2) is 0 Å². The summed E-state index contributed by atoms with van der Waals surface area (Å²) in [5.41, 5.74) is 3.96. The number of nitrogens with zero attached hydrogens (tertiary/aromatic N) is 1. The van der Waals surface area contributed by atoms with Gasteiger partial charge in [-0.25, -0.2) is 0 Å². The highest BCUT2D eigenvalue weighted by molar-refractivity contribution is 5.24. The molecule has 0 amide bonds. The van der Waals surface area contributed by atoms with Crippen molar-refractivity contribution < 1.29 is 10.2 Å². The quantitative estimate of drug-likeness (QED) is 0.498. The highest BCUT2D eigenvalue weighted by Crippen LogP contribution is 2.48. The summed E-state index contributed by atoms with van der Waals surface area (Å²) in [4.78, 5) is 2.25. The Bertz CT molecular complexity index is 694. The van der Waals surface area contributed by atoms with Gasteiger partial charge in [-0.2, -0.15) is 0 Å². The highest BCUT2D eigenvalue weighted by atomic mass is 16.3. The Morgan fingerprint density at radius 2 is 2.07 bits per heavy atom. The van der Waals surface area contributed by atoms with Gasteiger partial charge >= 0.3 is 0 Å². The first-order valence-corrected chi connectivity index (χ1v) is 10.9. The van der Waals surface area contributed by atoms with E-state index in [2.05, 4.69) is 56.3 Å². The van der Waals surface area contributed by atoms with Crippen LogP contribution in [0.4, 0.5) is 0 Å². The van der Waals surface area contributed by atoms with E-state index in [1.54, 1.807) is 5.57 Å². The first-order chi connectivity index (χ1) is 13.4. The molecule has 0 unspecified atom stereocenters. The lowest BCUT2D eigenvalue weighted by atomic mass is 9.88. The molecular formula is C25H37NO2. The molecule has 28 heavy (non-hydrogen) atoms. The lowest BCUT2D eigenvalue weighted by Gasteiger charge is -2.19. The summed E-state index contributed by atoms with van der Waals surface area (Å²) < 4.78 is 0. The number of unbranched alkanes of at least 4 members (excludes halogenated alkanes) is 1. The van der Waals surface area contributed by atoms with Crippen LogP contribution in [-0.4, -0.2) is 48.0 Å². The minimum Gasteiger partial charge on any atom is -0.392 e. The zero-order valence-electron chi connectivity index (χ0n) is 17.7. The zero-order valence-corrected chi connectivity index (χ0v) is 17.7. The third-order valence-corrected chi connectivity index (χ3v) is 6.39. The van der Waals surface area contributed by atoms with Gasteiger partial charge in [0.1, 0.15) is 0 Å². The summed E-state index contributed by atoms with van der Waals surface area (Å²) in [6.45, 7) is 3.23. The molecule has 1 fully saturated rings. The molecule has 0 radical (unpaired) electrons. The van der Waals surface area contributed by atoms with E-state index >= 15 is 0 Å². The Kier molecular flexibility index (Phi) is 7.50. The van der Waals surface area contributed by atoms with E-state index in [1.807, 2.05) is 12.1 Å². The standard InChI is InChI=1S/C25H37NO2/c1-18-7-6-9-19(13-18)15-22(27)10-11-23-24-16-20(8-4-5-12-26(2)3)14-21(24)17-25(23)28/h6-7,9-11,13-14,21-25,27-28H,4-5,8,12,15-17H2,1-3H3/t21-,22-,23+,24-,25+/m0/s1. The van der Waals surface area contributed by atoms with Crippen molar-refractivity contribution in [2.45, 2.75) is 57.7 Å². The number of hydrogen-bond donors (Lipinski definition) is 2. The summed E-state index contributed by atoms with van der Waals surface area (Å²) in [6, 6.07) is 8.30. The highest BCUT2D eigenvalue weighted by Gasteiger charge is 2.43. The summed E-state index contributed by atoms with van der Waals surface area (Å²) in [6.07, 6.45) is 12.0. The second-order valence-electron chi connectivity index (χ2n) is 9.14. The van der Waals surface area contributed by atoms with Gasteiger partial charge in [-0.1, -0.05) is 53.6 Å². The van der Waals surface area contributed by atoms with E-state index in [1.165, 1.54) is 24.8 Å². The molecule has 3 nitrogen and oxygen atoms in total. The van der Waals surface area contributed by atoms with E-state index in [4.69, 9.17) is 0 Å². The molecule has 0 heterocycles. The SMILES string of the molecule is Cc1cccc(C[C@@H](O)C=C[C@@H]2[C@H]3CC(CCCCN(C)C)=C[C@H]3C[C@H]2O)c1. The van der Waals surface area contributed by atoms with Gasteiger partial charge in [-0.3, -0.25) is 0 Å². The molecule has 0 bridgehead atoms.